The molecule has 2 amide bonds. The van der Waals surface area contributed by atoms with E-state index in [0.29, 0.717) is 45.2 Å². The van der Waals surface area contributed by atoms with Gasteiger partial charge in [-0.05, 0) is 78.8 Å². The second-order valence-electron chi connectivity index (χ2n) is 14.1. The third-order valence-electron chi connectivity index (χ3n) is 9.61. The molecule has 1 heterocycles. The van der Waals surface area contributed by atoms with E-state index < -0.39 is 41.9 Å². The first-order valence-electron chi connectivity index (χ1n) is 19.1. The standard InChI is InChI=1S/C37H58IN7O12/c38-28-9-7-27(8-10-28)23-45(14-4-2-5-29(39)36(54)55)32(47)6-1-3-13-40-31(46)12-11-30(37(56)57)44-21-19-42(25-34(50)51)17-15-41(24-33(48)49)16-18-43(20-22-44)26-35(52)53/h7-10,29-30H,1-6,11-26,39H2,(H,40,46)(H,48,49)(H,50,51)(H,52,53)(H,54,55)(H,56,57). The molecule has 2 unspecified atom stereocenters. The quantitative estimate of drug-likeness (QED) is 0.0539. The predicted molar refractivity (Wildman–Crippen MR) is 215 cm³/mol. The molecule has 1 saturated heterocycles. The smallest absolute Gasteiger partial charge is 0.320 e. The SMILES string of the molecule is NC(CCCCN(Cc1ccc(I)cc1)C(=O)CCCCNC(=O)CCC(C(=O)O)N1CCN(CC(=O)O)CCN(CC(=O)O)CCN(CC(=O)O)CC1)C(=O)O. The molecular weight excluding hydrogens is 861 g/mol. The van der Waals surface area contributed by atoms with Crippen molar-refractivity contribution in [3.8, 4) is 0 Å². The van der Waals surface area contributed by atoms with Crippen LogP contribution in [0.3, 0.4) is 0 Å². The maximum absolute atomic E-state index is 13.2. The number of carbonyl (C=O) groups excluding carboxylic acids is 2. The second kappa shape index (κ2) is 26.9. The van der Waals surface area contributed by atoms with Gasteiger partial charge in [-0.25, -0.2) is 0 Å². The first-order valence-corrected chi connectivity index (χ1v) is 20.2. The average Bonchev–Trinajstić information content (AvgIpc) is 3.13. The molecule has 0 aliphatic carbocycles. The van der Waals surface area contributed by atoms with Gasteiger partial charge in [0, 0.05) is 88.4 Å². The number of nitrogens with two attached hydrogens (primary N) is 1. The summed E-state index contributed by atoms with van der Waals surface area (Å²) in [4.78, 5) is 92.4. The van der Waals surface area contributed by atoms with Gasteiger partial charge in [-0.15, -0.1) is 0 Å². The van der Waals surface area contributed by atoms with E-state index in [1.54, 1.807) is 24.5 Å². The van der Waals surface area contributed by atoms with Gasteiger partial charge in [0.25, 0.3) is 0 Å². The Labute approximate surface area is 346 Å². The lowest BCUT2D eigenvalue weighted by atomic mass is 10.1. The molecule has 2 atom stereocenters. The summed E-state index contributed by atoms with van der Waals surface area (Å²) in [5, 5.41) is 50.4. The van der Waals surface area contributed by atoms with Crippen LogP contribution < -0.4 is 11.1 Å². The summed E-state index contributed by atoms with van der Waals surface area (Å²) >= 11 is 2.20. The van der Waals surface area contributed by atoms with Crippen molar-refractivity contribution in [2.24, 2.45) is 5.73 Å². The van der Waals surface area contributed by atoms with Crippen molar-refractivity contribution in [1.82, 2.24) is 29.8 Å². The van der Waals surface area contributed by atoms with Crippen molar-refractivity contribution in [3.63, 3.8) is 0 Å². The van der Waals surface area contributed by atoms with Crippen LogP contribution in [-0.2, 0) is 40.1 Å². The van der Waals surface area contributed by atoms with Gasteiger partial charge in [0.05, 0.1) is 19.6 Å². The monoisotopic (exact) mass is 919 g/mol. The lowest BCUT2D eigenvalue weighted by molar-refractivity contribution is -0.145. The van der Waals surface area contributed by atoms with E-state index in [-0.39, 0.29) is 110 Å². The van der Waals surface area contributed by atoms with E-state index in [2.05, 4.69) is 27.9 Å². The molecule has 0 spiro atoms. The van der Waals surface area contributed by atoms with Gasteiger partial charge in [-0.2, -0.15) is 0 Å². The Morgan fingerprint density at radius 3 is 1.65 bits per heavy atom. The van der Waals surface area contributed by atoms with E-state index in [4.69, 9.17) is 10.8 Å². The highest BCUT2D eigenvalue weighted by Gasteiger charge is 2.28. The molecule has 1 aromatic rings. The summed E-state index contributed by atoms with van der Waals surface area (Å²) in [5.41, 5.74) is 6.58. The van der Waals surface area contributed by atoms with Gasteiger partial charge in [-0.3, -0.25) is 53.2 Å². The van der Waals surface area contributed by atoms with Crippen molar-refractivity contribution in [1.29, 1.82) is 0 Å². The zero-order valence-electron chi connectivity index (χ0n) is 32.3. The van der Waals surface area contributed by atoms with Crippen LogP contribution in [0.4, 0.5) is 0 Å². The van der Waals surface area contributed by atoms with E-state index in [9.17, 15) is 54.0 Å². The fourth-order valence-electron chi connectivity index (χ4n) is 6.41. The van der Waals surface area contributed by atoms with Crippen LogP contribution in [0.5, 0.6) is 0 Å². The third-order valence-corrected chi connectivity index (χ3v) is 10.3. The van der Waals surface area contributed by atoms with Crippen LogP contribution in [0.15, 0.2) is 24.3 Å². The largest absolute Gasteiger partial charge is 0.480 e. The van der Waals surface area contributed by atoms with Crippen molar-refractivity contribution < 1.29 is 59.1 Å². The fourth-order valence-corrected chi connectivity index (χ4v) is 6.77. The van der Waals surface area contributed by atoms with Crippen molar-refractivity contribution in [3.05, 3.63) is 33.4 Å². The Balaban J connectivity index is 1.96. The van der Waals surface area contributed by atoms with E-state index in [1.807, 2.05) is 24.3 Å². The van der Waals surface area contributed by atoms with Crippen LogP contribution in [0.25, 0.3) is 0 Å². The number of rotatable bonds is 24. The minimum atomic E-state index is -1.19. The van der Waals surface area contributed by atoms with Crippen LogP contribution in [0.2, 0.25) is 0 Å². The Kier molecular flexibility index (Phi) is 23.2. The summed E-state index contributed by atoms with van der Waals surface area (Å²) in [7, 11) is 0. The number of nitrogens with zero attached hydrogens (tertiary/aromatic N) is 5. The lowest BCUT2D eigenvalue weighted by Gasteiger charge is -2.35. The maximum Gasteiger partial charge on any atom is 0.320 e. The number of benzene rings is 1. The molecule has 320 valence electrons. The van der Waals surface area contributed by atoms with Gasteiger partial charge in [0.1, 0.15) is 12.1 Å². The summed E-state index contributed by atoms with van der Waals surface area (Å²) in [6.45, 7) is 1.38. The summed E-state index contributed by atoms with van der Waals surface area (Å²) in [6, 6.07) is 5.74. The van der Waals surface area contributed by atoms with Gasteiger partial charge in [0.15, 0.2) is 0 Å². The van der Waals surface area contributed by atoms with Crippen LogP contribution in [-0.4, -0.2) is 189 Å². The van der Waals surface area contributed by atoms with E-state index in [0.717, 1.165) is 9.13 Å². The third kappa shape index (κ3) is 21.4. The zero-order valence-corrected chi connectivity index (χ0v) is 34.5. The normalized spacial score (nSPS) is 16.4. The first kappa shape index (κ1) is 49.2. The molecule has 2 rings (SSSR count). The number of halogens is 1. The molecule has 20 heteroatoms. The van der Waals surface area contributed by atoms with E-state index >= 15 is 0 Å². The number of nitrogens with one attached hydrogen (secondary N) is 1. The van der Waals surface area contributed by atoms with Gasteiger partial charge < -0.3 is 41.5 Å². The molecular formula is C37H58IN7O12. The molecule has 0 bridgehead atoms. The second-order valence-corrected chi connectivity index (χ2v) is 15.4. The Morgan fingerprint density at radius 2 is 1.18 bits per heavy atom. The highest BCUT2D eigenvalue weighted by molar-refractivity contribution is 14.1. The Morgan fingerprint density at radius 1 is 0.667 bits per heavy atom. The van der Waals surface area contributed by atoms with Crippen molar-refractivity contribution >= 4 is 64.3 Å². The number of hydrogen-bond donors (Lipinski definition) is 7. The highest BCUT2D eigenvalue weighted by atomic mass is 127. The van der Waals surface area contributed by atoms with Crippen LogP contribution in [0, 0.1) is 3.57 Å². The molecule has 1 aromatic carbocycles. The highest BCUT2D eigenvalue weighted by Crippen LogP contribution is 2.14. The number of carboxylic acids is 5. The van der Waals surface area contributed by atoms with Gasteiger partial charge >= 0.3 is 29.8 Å². The predicted octanol–water partition coefficient (Wildman–Crippen LogP) is 0.197. The van der Waals surface area contributed by atoms with E-state index in [1.165, 1.54) is 0 Å². The molecule has 0 radical (unpaired) electrons. The fraction of sp³-hybridized carbons (Fsp3) is 0.649. The zero-order chi connectivity index (χ0) is 42.3. The van der Waals surface area contributed by atoms with Crippen LogP contribution >= 0.6 is 22.6 Å². The topological polar surface area (TPSA) is 275 Å². The number of carboxylic acid groups (broad SMARTS) is 5. The number of unbranched alkanes of at least 4 members (excludes halogenated alkanes) is 2. The first-order chi connectivity index (χ1) is 27.0. The lowest BCUT2D eigenvalue weighted by Crippen LogP contribution is -2.52. The minimum Gasteiger partial charge on any atom is -0.480 e. The van der Waals surface area contributed by atoms with Gasteiger partial charge in [0.2, 0.25) is 11.8 Å². The average molecular weight is 920 g/mol. The summed E-state index contributed by atoms with van der Waals surface area (Å²) in [5.74, 6) is -5.97. The number of hydrogen-bond acceptors (Lipinski definition) is 12. The Bertz CT molecular complexity index is 1440. The molecule has 57 heavy (non-hydrogen) atoms. The molecule has 0 aromatic heterocycles. The number of aliphatic carboxylic acids is 5. The molecule has 19 nitrogen and oxygen atoms in total. The number of amides is 2. The summed E-state index contributed by atoms with van der Waals surface area (Å²) < 4.78 is 1.06. The molecule has 8 N–H and O–H groups in total. The molecule has 1 aliphatic rings. The molecule has 0 saturated carbocycles. The Hall–Kier alpha value is -3.96. The maximum atomic E-state index is 13.2. The minimum absolute atomic E-state index is 0.0607. The number of carbonyl (C=O) groups is 7. The van der Waals surface area contributed by atoms with Crippen LogP contribution in [0.1, 0.15) is 56.9 Å². The van der Waals surface area contributed by atoms with Crippen molar-refractivity contribution in [2.75, 3.05) is 85.1 Å². The summed E-state index contributed by atoms with van der Waals surface area (Å²) in [6.07, 6.45) is 2.50. The molecule has 1 fully saturated rings. The molecule has 1 aliphatic heterocycles. The van der Waals surface area contributed by atoms with Crippen molar-refractivity contribution in [2.45, 2.75) is 70.0 Å². The van der Waals surface area contributed by atoms with Gasteiger partial charge in [-0.1, -0.05) is 12.1 Å².